The second-order valence-electron chi connectivity index (χ2n) is 7.39. The summed E-state index contributed by atoms with van der Waals surface area (Å²) in [6.45, 7) is 5.32. The van der Waals surface area contributed by atoms with Gasteiger partial charge < -0.3 is 19.9 Å². The number of methoxy groups -OCH3 is 1. The second-order valence-corrected chi connectivity index (χ2v) is 7.39. The summed E-state index contributed by atoms with van der Waals surface area (Å²) in [5.74, 6) is 0.940. The van der Waals surface area contributed by atoms with Crippen molar-refractivity contribution in [2.24, 2.45) is 0 Å². The van der Waals surface area contributed by atoms with E-state index in [1.54, 1.807) is 38.3 Å². The van der Waals surface area contributed by atoms with Gasteiger partial charge in [0.15, 0.2) is 0 Å². The maximum atomic E-state index is 13.0. The smallest absolute Gasteiger partial charge is 0.325 e. The van der Waals surface area contributed by atoms with Gasteiger partial charge in [-0.3, -0.25) is 9.69 Å². The van der Waals surface area contributed by atoms with Crippen LogP contribution in [0.15, 0.2) is 42.5 Å². The van der Waals surface area contributed by atoms with Crippen LogP contribution >= 0.6 is 0 Å². The lowest BCUT2D eigenvalue weighted by Crippen LogP contribution is -2.42. The second kappa shape index (κ2) is 8.13. The SMILES string of the molecule is COc1ccc([C@]2(C)NC(=O)N(C[C@@H](O)COc3c(C)cccc3C)C2=O)cc1. The molecule has 0 bridgehead atoms. The highest BCUT2D eigenvalue weighted by Crippen LogP contribution is 2.30. The van der Waals surface area contributed by atoms with Crippen molar-refractivity contribution in [3.05, 3.63) is 59.2 Å². The van der Waals surface area contributed by atoms with Gasteiger partial charge in [-0.15, -0.1) is 0 Å². The lowest BCUT2D eigenvalue weighted by atomic mass is 9.92. The Morgan fingerprint density at radius 2 is 1.72 bits per heavy atom. The van der Waals surface area contributed by atoms with Crippen molar-refractivity contribution in [3.8, 4) is 11.5 Å². The van der Waals surface area contributed by atoms with Crippen LogP contribution in [0.3, 0.4) is 0 Å². The van der Waals surface area contributed by atoms with Gasteiger partial charge in [0.2, 0.25) is 0 Å². The number of aryl methyl sites for hydroxylation is 2. The number of carbonyl (C=O) groups excluding carboxylic acids is 2. The quantitative estimate of drug-likeness (QED) is 0.700. The molecule has 29 heavy (non-hydrogen) atoms. The van der Waals surface area contributed by atoms with Crippen LogP contribution in [0.2, 0.25) is 0 Å². The molecule has 2 atom stereocenters. The Hall–Kier alpha value is -3.06. The van der Waals surface area contributed by atoms with Gasteiger partial charge in [-0.2, -0.15) is 0 Å². The van der Waals surface area contributed by atoms with Crippen LogP contribution in [-0.4, -0.2) is 48.3 Å². The first-order valence-electron chi connectivity index (χ1n) is 9.42. The molecule has 3 amide bonds. The van der Waals surface area contributed by atoms with Crippen LogP contribution < -0.4 is 14.8 Å². The molecular weight excluding hydrogens is 372 g/mol. The lowest BCUT2D eigenvalue weighted by Gasteiger charge is -2.23. The third-order valence-electron chi connectivity index (χ3n) is 5.16. The number of β-amino-alcohol motifs (C(OH)–C–C–N with tert-alkyl or cyclic N) is 1. The summed E-state index contributed by atoms with van der Waals surface area (Å²) in [6, 6.07) is 12.2. The molecule has 2 aromatic rings. The number of carbonyl (C=O) groups is 2. The molecule has 154 valence electrons. The highest BCUT2D eigenvalue weighted by molar-refractivity contribution is 6.07. The van der Waals surface area contributed by atoms with E-state index in [1.165, 1.54) is 0 Å². The number of benzene rings is 2. The molecular formula is C22H26N2O5. The van der Waals surface area contributed by atoms with Crippen molar-refractivity contribution in [1.29, 1.82) is 0 Å². The fourth-order valence-corrected chi connectivity index (χ4v) is 3.45. The summed E-state index contributed by atoms with van der Waals surface area (Å²) in [5.41, 5.74) is 1.36. The zero-order valence-electron chi connectivity index (χ0n) is 17.1. The molecule has 0 radical (unpaired) electrons. The first-order chi connectivity index (χ1) is 13.8. The van der Waals surface area contributed by atoms with Crippen molar-refractivity contribution in [3.63, 3.8) is 0 Å². The normalized spacial score (nSPS) is 19.8. The van der Waals surface area contributed by atoms with E-state index in [1.807, 2.05) is 32.0 Å². The number of hydrogen-bond acceptors (Lipinski definition) is 5. The summed E-state index contributed by atoms with van der Waals surface area (Å²) < 4.78 is 10.9. The van der Waals surface area contributed by atoms with Gasteiger partial charge >= 0.3 is 6.03 Å². The molecule has 1 aliphatic rings. The molecule has 1 heterocycles. The molecule has 0 aliphatic carbocycles. The van der Waals surface area contributed by atoms with Crippen molar-refractivity contribution in [1.82, 2.24) is 10.2 Å². The monoisotopic (exact) mass is 398 g/mol. The zero-order chi connectivity index (χ0) is 21.2. The molecule has 0 unspecified atom stereocenters. The highest BCUT2D eigenvalue weighted by atomic mass is 16.5. The van der Waals surface area contributed by atoms with Crippen LogP contribution in [0.1, 0.15) is 23.6 Å². The van der Waals surface area contributed by atoms with Gasteiger partial charge in [-0.05, 0) is 49.6 Å². The summed E-state index contributed by atoms with van der Waals surface area (Å²) in [6.07, 6.45) is -1.01. The highest BCUT2D eigenvalue weighted by Gasteiger charge is 2.49. The Morgan fingerprint density at radius 1 is 1.10 bits per heavy atom. The molecule has 0 aromatic heterocycles. The Morgan fingerprint density at radius 3 is 2.31 bits per heavy atom. The standard InChI is InChI=1S/C22H26N2O5/c1-14-6-5-7-15(2)19(14)29-13-17(25)12-24-20(26)22(3,23-21(24)27)16-8-10-18(28-4)11-9-16/h5-11,17,25H,12-13H2,1-4H3,(H,23,27)/t17-,22+/m1/s1. The van der Waals surface area contributed by atoms with Crippen LogP contribution in [0.5, 0.6) is 11.5 Å². The number of aliphatic hydroxyl groups is 1. The van der Waals surface area contributed by atoms with Crippen LogP contribution in [0.25, 0.3) is 0 Å². The third-order valence-corrected chi connectivity index (χ3v) is 5.16. The van der Waals surface area contributed by atoms with E-state index < -0.39 is 23.6 Å². The van der Waals surface area contributed by atoms with Gasteiger partial charge in [-0.1, -0.05) is 30.3 Å². The van der Waals surface area contributed by atoms with Crippen molar-refractivity contribution >= 4 is 11.9 Å². The van der Waals surface area contributed by atoms with E-state index in [4.69, 9.17) is 9.47 Å². The minimum Gasteiger partial charge on any atom is -0.497 e. The van der Waals surface area contributed by atoms with Gasteiger partial charge in [0.1, 0.15) is 29.7 Å². The van der Waals surface area contributed by atoms with Gasteiger partial charge in [0.25, 0.3) is 5.91 Å². The third kappa shape index (κ3) is 4.05. The van der Waals surface area contributed by atoms with Crippen LogP contribution in [0.4, 0.5) is 4.79 Å². The van der Waals surface area contributed by atoms with E-state index >= 15 is 0 Å². The van der Waals surface area contributed by atoms with Gasteiger partial charge in [-0.25, -0.2) is 4.79 Å². The molecule has 0 saturated carbocycles. The maximum absolute atomic E-state index is 13.0. The number of nitrogens with one attached hydrogen (secondary N) is 1. The van der Waals surface area contributed by atoms with Crippen molar-refractivity contribution < 1.29 is 24.2 Å². The topological polar surface area (TPSA) is 88.1 Å². The molecule has 1 fully saturated rings. The zero-order valence-corrected chi connectivity index (χ0v) is 17.1. The summed E-state index contributed by atoms with van der Waals surface area (Å²) in [5, 5.41) is 13.1. The summed E-state index contributed by atoms with van der Waals surface area (Å²) in [4.78, 5) is 26.4. The number of urea groups is 1. The Balaban J connectivity index is 1.67. The average Bonchev–Trinajstić information content (AvgIpc) is 2.91. The van der Waals surface area contributed by atoms with E-state index in [0.29, 0.717) is 17.1 Å². The number of rotatable bonds is 7. The largest absolute Gasteiger partial charge is 0.497 e. The van der Waals surface area contributed by atoms with Gasteiger partial charge in [0, 0.05) is 0 Å². The number of aliphatic hydroxyl groups excluding tert-OH is 1. The summed E-state index contributed by atoms with van der Waals surface area (Å²) >= 11 is 0. The fourth-order valence-electron chi connectivity index (χ4n) is 3.45. The number of nitrogens with zero attached hydrogens (tertiary/aromatic N) is 1. The number of amides is 3. The molecule has 1 aliphatic heterocycles. The van der Waals surface area contributed by atoms with E-state index in [2.05, 4.69) is 5.32 Å². The predicted octanol–water partition coefficient (Wildman–Crippen LogP) is 2.52. The number of para-hydroxylation sites is 1. The van der Waals surface area contributed by atoms with Crippen molar-refractivity contribution in [2.45, 2.75) is 32.4 Å². The van der Waals surface area contributed by atoms with Crippen LogP contribution in [0, 0.1) is 13.8 Å². The number of imide groups is 1. The summed E-state index contributed by atoms with van der Waals surface area (Å²) in [7, 11) is 1.56. The first-order valence-corrected chi connectivity index (χ1v) is 9.42. The minimum atomic E-state index is -1.20. The van der Waals surface area contributed by atoms with E-state index in [9.17, 15) is 14.7 Å². The Kier molecular flexibility index (Phi) is 5.79. The predicted molar refractivity (Wildman–Crippen MR) is 108 cm³/mol. The van der Waals surface area contributed by atoms with E-state index in [0.717, 1.165) is 16.0 Å². The van der Waals surface area contributed by atoms with Crippen LogP contribution in [-0.2, 0) is 10.3 Å². The number of ether oxygens (including phenoxy) is 2. The van der Waals surface area contributed by atoms with Crippen molar-refractivity contribution in [2.75, 3.05) is 20.3 Å². The molecule has 3 rings (SSSR count). The molecule has 2 N–H and O–H groups in total. The molecule has 1 saturated heterocycles. The van der Waals surface area contributed by atoms with Gasteiger partial charge in [0.05, 0.1) is 13.7 Å². The average molecular weight is 398 g/mol. The fraction of sp³-hybridized carbons (Fsp3) is 0.364. The first kappa shape index (κ1) is 20.7. The molecule has 2 aromatic carbocycles. The number of hydrogen-bond donors (Lipinski definition) is 2. The van der Waals surface area contributed by atoms with E-state index in [-0.39, 0.29) is 13.2 Å². The molecule has 0 spiro atoms. The Bertz CT molecular complexity index is 892. The molecule has 7 heteroatoms. The minimum absolute atomic E-state index is 0.0258. The lowest BCUT2D eigenvalue weighted by molar-refractivity contribution is -0.132. The molecule has 7 nitrogen and oxygen atoms in total. The maximum Gasteiger partial charge on any atom is 0.325 e. The Labute approximate surface area is 170 Å².